The lowest BCUT2D eigenvalue weighted by Crippen LogP contribution is -2.13. The van der Waals surface area contributed by atoms with E-state index in [9.17, 15) is 4.79 Å². The Morgan fingerprint density at radius 1 is 1.33 bits per heavy atom. The number of benzene rings is 1. The standard InChI is InChI=1S/C14H21NO3/c1-14(2,3)8-9-18-11-7-5-6-10(12(11)15)13(16)17-4/h5-7H,8-9,15H2,1-4H3. The Morgan fingerprint density at radius 3 is 2.56 bits per heavy atom. The Balaban J connectivity index is 2.75. The highest BCUT2D eigenvalue weighted by atomic mass is 16.5. The Morgan fingerprint density at radius 2 is 2.00 bits per heavy atom. The minimum atomic E-state index is -0.450. The third-order valence-electron chi connectivity index (χ3n) is 2.58. The van der Waals surface area contributed by atoms with Crippen molar-refractivity contribution in [2.45, 2.75) is 27.2 Å². The van der Waals surface area contributed by atoms with Gasteiger partial charge in [-0.2, -0.15) is 0 Å². The Labute approximate surface area is 108 Å². The van der Waals surface area contributed by atoms with Crippen LogP contribution in [0.1, 0.15) is 37.6 Å². The van der Waals surface area contributed by atoms with Crippen molar-refractivity contribution in [2.24, 2.45) is 5.41 Å². The zero-order chi connectivity index (χ0) is 13.8. The molecule has 0 atom stereocenters. The quantitative estimate of drug-likeness (QED) is 0.660. The summed E-state index contributed by atoms with van der Waals surface area (Å²) in [6.45, 7) is 7.00. The summed E-state index contributed by atoms with van der Waals surface area (Å²) in [7, 11) is 1.33. The van der Waals surface area contributed by atoms with E-state index in [0.29, 0.717) is 23.6 Å². The van der Waals surface area contributed by atoms with Crippen molar-refractivity contribution < 1.29 is 14.3 Å². The average Bonchev–Trinajstić information content (AvgIpc) is 2.29. The van der Waals surface area contributed by atoms with E-state index in [0.717, 1.165) is 6.42 Å². The lowest BCUT2D eigenvalue weighted by atomic mass is 9.93. The Kier molecular flexibility index (Phi) is 4.59. The molecule has 2 N–H and O–H groups in total. The Hall–Kier alpha value is -1.71. The number of nitrogens with two attached hydrogens (primary N) is 1. The van der Waals surface area contributed by atoms with Crippen LogP contribution in [0.25, 0.3) is 0 Å². The molecule has 1 rings (SSSR count). The van der Waals surface area contributed by atoms with E-state index in [2.05, 4.69) is 25.5 Å². The van der Waals surface area contributed by atoms with E-state index in [-0.39, 0.29) is 5.41 Å². The van der Waals surface area contributed by atoms with Crippen LogP contribution < -0.4 is 10.5 Å². The fraction of sp³-hybridized carbons (Fsp3) is 0.500. The summed E-state index contributed by atoms with van der Waals surface area (Å²) in [6.07, 6.45) is 0.912. The Bertz CT molecular complexity index is 422. The molecule has 1 aromatic rings. The van der Waals surface area contributed by atoms with E-state index < -0.39 is 5.97 Å². The largest absolute Gasteiger partial charge is 0.491 e. The molecule has 0 aliphatic carbocycles. The molecule has 0 aliphatic rings. The monoisotopic (exact) mass is 251 g/mol. The van der Waals surface area contributed by atoms with Gasteiger partial charge in [0, 0.05) is 0 Å². The average molecular weight is 251 g/mol. The van der Waals surface area contributed by atoms with E-state index >= 15 is 0 Å². The summed E-state index contributed by atoms with van der Waals surface area (Å²) in [6, 6.07) is 5.11. The molecule has 1 aromatic carbocycles. The second kappa shape index (κ2) is 5.76. The smallest absolute Gasteiger partial charge is 0.340 e. The van der Waals surface area contributed by atoms with Crippen LogP contribution in [-0.4, -0.2) is 19.7 Å². The predicted molar refractivity (Wildman–Crippen MR) is 71.8 cm³/mol. The van der Waals surface area contributed by atoms with Crippen LogP contribution in [0.5, 0.6) is 5.75 Å². The minimum absolute atomic E-state index is 0.203. The lowest BCUT2D eigenvalue weighted by molar-refractivity contribution is 0.0601. The zero-order valence-electron chi connectivity index (χ0n) is 11.4. The third-order valence-corrected chi connectivity index (χ3v) is 2.58. The number of hydrogen-bond donors (Lipinski definition) is 1. The maximum absolute atomic E-state index is 11.5. The number of esters is 1. The van der Waals surface area contributed by atoms with Crippen molar-refractivity contribution >= 4 is 11.7 Å². The number of carbonyl (C=O) groups excluding carboxylic acids is 1. The molecule has 0 aliphatic heterocycles. The summed E-state index contributed by atoms with van der Waals surface area (Å²) in [5.74, 6) is 0.0796. The first-order valence-electron chi connectivity index (χ1n) is 5.95. The van der Waals surface area contributed by atoms with Gasteiger partial charge in [-0.05, 0) is 24.0 Å². The van der Waals surface area contributed by atoms with Crippen LogP contribution >= 0.6 is 0 Å². The minimum Gasteiger partial charge on any atom is -0.491 e. The maximum atomic E-state index is 11.5. The molecular weight excluding hydrogens is 230 g/mol. The molecular formula is C14H21NO3. The van der Waals surface area contributed by atoms with Crippen LogP contribution in [0.4, 0.5) is 5.69 Å². The van der Waals surface area contributed by atoms with Crippen LogP contribution in [0.3, 0.4) is 0 Å². The second-order valence-electron chi connectivity index (χ2n) is 5.37. The van der Waals surface area contributed by atoms with Gasteiger partial charge in [-0.25, -0.2) is 4.79 Å². The van der Waals surface area contributed by atoms with Crippen molar-refractivity contribution in [1.29, 1.82) is 0 Å². The number of nitrogen functional groups attached to an aromatic ring is 1. The van der Waals surface area contributed by atoms with Crippen molar-refractivity contribution in [3.63, 3.8) is 0 Å². The van der Waals surface area contributed by atoms with Gasteiger partial charge in [-0.15, -0.1) is 0 Å². The van der Waals surface area contributed by atoms with Gasteiger partial charge in [-0.1, -0.05) is 26.8 Å². The van der Waals surface area contributed by atoms with E-state index in [1.165, 1.54) is 7.11 Å². The summed E-state index contributed by atoms with van der Waals surface area (Å²) in [5, 5.41) is 0. The van der Waals surface area contributed by atoms with Gasteiger partial charge >= 0.3 is 5.97 Å². The van der Waals surface area contributed by atoms with Crippen molar-refractivity contribution in [2.75, 3.05) is 19.5 Å². The van der Waals surface area contributed by atoms with E-state index in [1.807, 2.05) is 0 Å². The molecule has 0 spiro atoms. The number of hydrogen-bond acceptors (Lipinski definition) is 4. The van der Waals surface area contributed by atoms with Gasteiger partial charge in [0.1, 0.15) is 5.75 Å². The molecule has 100 valence electrons. The van der Waals surface area contributed by atoms with Crippen LogP contribution in [-0.2, 0) is 4.74 Å². The number of anilines is 1. The molecule has 0 saturated carbocycles. The fourth-order valence-corrected chi connectivity index (χ4v) is 1.43. The summed E-state index contributed by atoms with van der Waals surface area (Å²) >= 11 is 0. The van der Waals surface area contributed by atoms with Crippen molar-refractivity contribution in [1.82, 2.24) is 0 Å². The SMILES string of the molecule is COC(=O)c1cccc(OCCC(C)(C)C)c1N. The first-order chi connectivity index (χ1) is 8.35. The van der Waals surface area contributed by atoms with Gasteiger partial charge in [0.15, 0.2) is 0 Å². The highest BCUT2D eigenvalue weighted by Crippen LogP contribution is 2.27. The molecule has 0 amide bonds. The lowest BCUT2D eigenvalue weighted by Gasteiger charge is -2.19. The zero-order valence-corrected chi connectivity index (χ0v) is 11.4. The van der Waals surface area contributed by atoms with E-state index in [4.69, 9.17) is 10.5 Å². The highest BCUT2D eigenvalue weighted by molar-refractivity contribution is 5.96. The third kappa shape index (κ3) is 3.95. The molecule has 0 radical (unpaired) electrons. The van der Waals surface area contributed by atoms with Crippen LogP contribution in [0.2, 0.25) is 0 Å². The van der Waals surface area contributed by atoms with Crippen molar-refractivity contribution in [3.8, 4) is 5.75 Å². The molecule has 0 heterocycles. The van der Waals surface area contributed by atoms with Crippen LogP contribution in [0.15, 0.2) is 18.2 Å². The molecule has 18 heavy (non-hydrogen) atoms. The number of para-hydroxylation sites is 1. The normalized spacial score (nSPS) is 11.1. The first kappa shape index (κ1) is 14.4. The van der Waals surface area contributed by atoms with Crippen LogP contribution in [0, 0.1) is 5.41 Å². The van der Waals surface area contributed by atoms with E-state index in [1.54, 1.807) is 18.2 Å². The van der Waals surface area contributed by atoms with Gasteiger partial charge in [-0.3, -0.25) is 0 Å². The molecule has 4 nitrogen and oxygen atoms in total. The van der Waals surface area contributed by atoms with Gasteiger partial charge < -0.3 is 15.2 Å². The number of carbonyl (C=O) groups is 1. The summed E-state index contributed by atoms with van der Waals surface area (Å²) in [5.41, 5.74) is 6.76. The number of rotatable bonds is 4. The second-order valence-corrected chi connectivity index (χ2v) is 5.37. The highest BCUT2D eigenvalue weighted by Gasteiger charge is 2.15. The predicted octanol–water partition coefficient (Wildman–Crippen LogP) is 2.87. The molecule has 0 unspecified atom stereocenters. The fourth-order valence-electron chi connectivity index (χ4n) is 1.43. The summed E-state index contributed by atoms with van der Waals surface area (Å²) < 4.78 is 10.3. The van der Waals surface area contributed by atoms with Crippen molar-refractivity contribution in [3.05, 3.63) is 23.8 Å². The van der Waals surface area contributed by atoms with Gasteiger partial charge in [0.25, 0.3) is 0 Å². The topological polar surface area (TPSA) is 61.5 Å². The summed E-state index contributed by atoms with van der Waals surface area (Å²) in [4.78, 5) is 11.5. The van der Waals surface area contributed by atoms with Gasteiger partial charge in [0.05, 0.1) is 25.0 Å². The molecule has 0 fully saturated rings. The van der Waals surface area contributed by atoms with Gasteiger partial charge in [0.2, 0.25) is 0 Å². The maximum Gasteiger partial charge on any atom is 0.340 e. The molecule has 0 saturated heterocycles. The number of methoxy groups -OCH3 is 1. The number of ether oxygens (including phenoxy) is 2. The molecule has 4 heteroatoms. The first-order valence-corrected chi connectivity index (χ1v) is 5.95. The molecule has 0 aromatic heterocycles. The molecule has 0 bridgehead atoms.